The molecule has 23 heavy (non-hydrogen) atoms. The van der Waals surface area contributed by atoms with E-state index >= 15 is 0 Å². The number of nitrogens with one attached hydrogen (secondary N) is 1. The summed E-state index contributed by atoms with van der Waals surface area (Å²) in [6.07, 6.45) is 1.67. The first-order chi connectivity index (χ1) is 11.1. The Balaban J connectivity index is 1.88. The monoisotopic (exact) mass is 313 g/mol. The maximum atomic E-state index is 14.9. The molecule has 0 fully saturated rings. The second kappa shape index (κ2) is 5.41. The van der Waals surface area contributed by atoms with Crippen molar-refractivity contribution in [1.29, 1.82) is 0 Å². The van der Waals surface area contributed by atoms with Crippen LogP contribution in [0.2, 0.25) is 0 Å². The molecule has 1 aliphatic heterocycles. The van der Waals surface area contributed by atoms with E-state index in [1.807, 2.05) is 37.3 Å². The number of fused-ring (bicyclic) bond motifs is 3. The van der Waals surface area contributed by atoms with Gasteiger partial charge in [-0.3, -0.25) is 0 Å². The number of halogens is 2. The normalized spacial score (nSPS) is 22.3. The highest BCUT2D eigenvalue weighted by molar-refractivity contribution is 5.53. The van der Waals surface area contributed by atoms with Crippen molar-refractivity contribution in [2.45, 2.75) is 38.0 Å². The summed E-state index contributed by atoms with van der Waals surface area (Å²) in [5.74, 6) is -3.51. The first-order valence-electron chi connectivity index (χ1n) is 8.35. The van der Waals surface area contributed by atoms with Gasteiger partial charge in [-0.2, -0.15) is 0 Å². The maximum absolute atomic E-state index is 14.9. The molecule has 0 aromatic heterocycles. The van der Waals surface area contributed by atoms with Crippen LogP contribution in [0.3, 0.4) is 0 Å². The molecule has 3 heteroatoms. The molecule has 2 aromatic carbocycles. The van der Waals surface area contributed by atoms with Gasteiger partial charge in [0.15, 0.2) is 0 Å². The number of hydrogen-bond donors (Lipinski definition) is 1. The molecule has 1 atom stereocenters. The molecule has 0 saturated heterocycles. The fourth-order valence-corrected chi connectivity index (χ4v) is 4.22. The summed E-state index contributed by atoms with van der Waals surface area (Å²) < 4.78 is 29.8. The SMILES string of the molecule is Cc1ccccc1C1c2ccc3c(c2CC1(F)F)CCNCC3. The zero-order chi connectivity index (χ0) is 16.0. The molecule has 1 heterocycles. The first kappa shape index (κ1) is 14.8. The molecule has 0 spiro atoms. The summed E-state index contributed by atoms with van der Waals surface area (Å²) >= 11 is 0. The first-order valence-corrected chi connectivity index (χ1v) is 8.35. The number of benzene rings is 2. The van der Waals surface area contributed by atoms with Crippen molar-refractivity contribution in [2.75, 3.05) is 13.1 Å². The fraction of sp³-hybridized carbons (Fsp3) is 0.400. The lowest BCUT2D eigenvalue weighted by atomic mass is 9.86. The van der Waals surface area contributed by atoms with Crippen molar-refractivity contribution >= 4 is 0 Å². The van der Waals surface area contributed by atoms with Gasteiger partial charge >= 0.3 is 0 Å². The van der Waals surface area contributed by atoms with E-state index in [4.69, 9.17) is 0 Å². The van der Waals surface area contributed by atoms with Crippen molar-refractivity contribution in [3.63, 3.8) is 0 Å². The quantitative estimate of drug-likeness (QED) is 0.839. The van der Waals surface area contributed by atoms with E-state index < -0.39 is 11.8 Å². The van der Waals surface area contributed by atoms with E-state index in [2.05, 4.69) is 11.4 Å². The molecular weight excluding hydrogens is 292 g/mol. The third-order valence-corrected chi connectivity index (χ3v) is 5.33. The zero-order valence-corrected chi connectivity index (χ0v) is 13.3. The van der Waals surface area contributed by atoms with Crippen LogP contribution in [0.4, 0.5) is 8.78 Å². The number of aryl methyl sites for hydroxylation is 1. The topological polar surface area (TPSA) is 12.0 Å². The van der Waals surface area contributed by atoms with E-state index in [0.717, 1.165) is 48.2 Å². The van der Waals surface area contributed by atoms with E-state index in [1.54, 1.807) is 0 Å². The lowest BCUT2D eigenvalue weighted by Gasteiger charge is -2.22. The van der Waals surface area contributed by atoms with Crippen molar-refractivity contribution in [3.05, 3.63) is 69.8 Å². The second-order valence-corrected chi connectivity index (χ2v) is 6.75. The third-order valence-electron chi connectivity index (χ3n) is 5.33. The Morgan fingerprint density at radius 1 is 0.957 bits per heavy atom. The van der Waals surface area contributed by atoms with Gasteiger partial charge in [-0.25, -0.2) is 8.78 Å². The Labute approximate surface area is 135 Å². The molecule has 1 N–H and O–H groups in total. The smallest absolute Gasteiger partial charge is 0.262 e. The molecule has 2 aromatic rings. The van der Waals surface area contributed by atoms with E-state index in [1.165, 1.54) is 11.1 Å². The number of rotatable bonds is 1. The zero-order valence-electron chi connectivity index (χ0n) is 13.3. The van der Waals surface area contributed by atoms with Crippen molar-refractivity contribution in [1.82, 2.24) is 5.32 Å². The molecule has 2 aliphatic rings. The van der Waals surface area contributed by atoms with Gasteiger partial charge in [-0.1, -0.05) is 36.4 Å². The second-order valence-electron chi connectivity index (χ2n) is 6.75. The highest BCUT2D eigenvalue weighted by Gasteiger charge is 2.49. The van der Waals surface area contributed by atoms with Crippen LogP contribution >= 0.6 is 0 Å². The molecule has 1 aliphatic carbocycles. The molecule has 0 amide bonds. The van der Waals surface area contributed by atoms with Gasteiger partial charge in [0.2, 0.25) is 0 Å². The molecule has 1 nitrogen and oxygen atoms in total. The molecule has 0 radical (unpaired) electrons. The van der Waals surface area contributed by atoms with Gasteiger partial charge in [0.05, 0.1) is 5.92 Å². The van der Waals surface area contributed by atoms with Gasteiger partial charge in [-0.05, 0) is 66.2 Å². The third kappa shape index (κ3) is 2.38. The minimum Gasteiger partial charge on any atom is -0.316 e. The van der Waals surface area contributed by atoms with Gasteiger partial charge in [0, 0.05) is 6.42 Å². The molecule has 4 rings (SSSR count). The van der Waals surface area contributed by atoms with Crippen molar-refractivity contribution in [2.24, 2.45) is 0 Å². The molecule has 0 bridgehead atoms. The van der Waals surface area contributed by atoms with Crippen LogP contribution in [0.15, 0.2) is 36.4 Å². The molecular formula is C20H21F2N. The van der Waals surface area contributed by atoms with Crippen molar-refractivity contribution < 1.29 is 8.78 Å². The van der Waals surface area contributed by atoms with E-state index in [0.29, 0.717) is 0 Å². The average Bonchev–Trinajstić information content (AvgIpc) is 2.67. The summed E-state index contributed by atoms with van der Waals surface area (Å²) in [5.41, 5.74) is 5.87. The van der Waals surface area contributed by atoms with Gasteiger partial charge in [-0.15, -0.1) is 0 Å². The summed E-state index contributed by atoms with van der Waals surface area (Å²) in [5, 5.41) is 3.37. The van der Waals surface area contributed by atoms with Gasteiger partial charge in [0.1, 0.15) is 0 Å². The lowest BCUT2D eigenvalue weighted by molar-refractivity contribution is -0.00383. The fourth-order valence-electron chi connectivity index (χ4n) is 4.22. The number of hydrogen-bond acceptors (Lipinski definition) is 1. The molecule has 0 saturated carbocycles. The van der Waals surface area contributed by atoms with Crippen LogP contribution in [-0.2, 0) is 19.3 Å². The van der Waals surface area contributed by atoms with Crippen LogP contribution < -0.4 is 5.32 Å². The Morgan fingerprint density at radius 3 is 2.57 bits per heavy atom. The van der Waals surface area contributed by atoms with Gasteiger partial charge < -0.3 is 5.32 Å². The Bertz CT molecular complexity index is 751. The van der Waals surface area contributed by atoms with Crippen LogP contribution in [0.5, 0.6) is 0 Å². The van der Waals surface area contributed by atoms with Crippen LogP contribution in [-0.4, -0.2) is 19.0 Å². The molecule has 120 valence electrons. The highest BCUT2D eigenvalue weighted by Crippen LogP contribution is 2.50. The standard InChI is InChI=1S/C20H21F2N/c1-13-4-2-3-5-15(13)19-17-7-6-14-8-10-23-11-9-16(14)18(17)12-20(19,21)22/h2-7,19,23H,8-12H2,1H3. The van der Waals surface area contributed by atoms with Crippen LogP contribution in [0.25, 0.3) is 0 Å². The largest absolute Gasteiger partial charge is 0.316 e. The average molecular weight is 313 g/mol. The highest BCUT2D eigenvalue weighted by atomic mass is 19.3. The van der Waals surface area contributed by atoms with Gasteiger partial charge in [0.25, 0.3) is 5.92 Å². The minimum atomic E-state index is -2.71. The predicted octanol–water partition coefficient (Wildman–Crippen LogP) is 4.01. The summed E-state index contributed by atoms with van der Waals surface area (Å²) in [7, 11) is 0. The summed E-state index contributed by atoms with van der Waals surface area (Å²) in [6.45, 7) is 3.74. The Hall–Kier alpha value is -1.74. The summed E-state index contributed by atoms with van der Waals surface area (Å²) in [6, 6.07) is 11.6. The lowest BCUT2D eigenvalue weighted by Crippen LogP contribution is -2.23. The van der Waals surface area contributed by atoms with E-state index in [9.17, 15) is 8.78 Å². The summed E-state index contributed by atoms with van der Waals surface area (Å²) in [4.78, 5) is 0. The van der Waals surface area contributed by atoms with E-state index in [-0.39, 0.29) is 6.42 Å². The predicted molar refractivity (Wildman–Crippen MR) is 88.4 cm³/mol. The maximum Gasteiger partial charge on any atom is 0.262 e. The Morgan fingerprint density at radius 2 is 1.74 bits per heavy atom. The van der Waals surface area contributed by atoms with Crippen LogP contribution in [0, 0.1) is 6.92 Å². The Kier molecular flexibility index (Phi) is 3.49. The minimum absolute atomic E-state index is 0.121. The van der Waals surface area contributed by atoms with Crippen molar-refractivity contribution in [3.8, 4) is 0 Å². The molecule has 1 unspecified atom stereocenters. The van der Waals surface area contributed by atoms with Crippen LogP contribution in [0.1, 0.15) is 39.3 Å². The number of alkyl halides is 2.